The molecule has 4 unspecified atom stereocenters. The van der Waals surface area contributed by atoms with Crippen LogP contribution in [0, 0.1) is 0 Å². The van der Waals surface area contributed by atoms with Gasteiger partial charge in [0, 0.05) is 5.75 Å². The van der Waals surface area contributed by atoms with E-state index in [-0.39, 0.29) is 17.0 Å². The van der Waals surface area contributed by atoms with E-state index in [1.807, 2.05) is 6.26 Å². The summed E-state index contributed by atoms with van der Waals surface area (Å²) in [5.74, 6) is 0.632. The lowest BCUT2D eigenvalue weighted by Crippen LogP contribution is -2.34. The molecule has 0 aromatic carbocycles. The molecule has 9 nitrogen and oxygen atoms in total. The van der Waals surface area contributed by atoms with Gasteiger partial charge in [0.15, 0.2) is 17.7 Å². The highest BCUT2D eigenvalue weighted by molar-refractivity contribution is 7.98. The summed E-state index contributed by atoms with van der Waals surface area (Å²) in [5, 5.41) is 20.2. The SMILES string of the molecule is CSCC1OC(n2c(=O)[nH]c3c(N)ncnc32)C(O)C1O. The van der Waals surface area contributed by atoms with Gasteiger partial charge in [-0.3, -0.25) is 0 Å². The number of aliphatic hydroxyl groups excluding tert-OH is 2. The molecule has 1 aliphatic heterocycles. The molecule has 5 N–H and O–H groups in total. The third kappa shape index (κ3) is 2.20. The van der Waals surface area contributed by atoms with Crippen LogP contribution in [0.4, 0.5) is 5.82 Å². The topological polar surface area (TPSA) is 139 Å². The molecule has 0 saturated carbocycles. The largest absolute Gasteiger partial charge is 0.387 e. The molecular weight excluding hydrogens is 298 g/mol. The fourth-order valence-corrected chi connectivity index (χ4v) is 3.04. The van der Waals surface area contributed by atoms with E-state index in [4.69, 9.17) is 10.5 Å². The number of rotatable bonds is 3. The Morgan fingerprint density at radius 1 is 1.48 bits per heavy atom. The highest BCUT2D eigenvalue weighted by Gasteiger charge is 2.44. The number of ether oxygens (including phenoxy) is 1. The van der Waals surface area contributed by atoms with Crippen LogP contribution in [0.15, 0.2) is 11.1 Å². The van der Waals surface area contributed by atoms with Gasteiger partial charge in [-0.25, -0.2) is 19.3 Å². The summed E-state index contributed by atoms with van der Waals surface area (Å²) in [7, 11) is 0. The summed E-state index contributed by atoms with van der Waals surface area (Å²) < 4.78 is 6.77. The number of nitrogens with two attached hydrogens (primary N) is 1. The van der Waals surface area contributed by atoms with Gasteiger partial charge in [0.2, 0.25) is 0 Å². The molecule has 0 amide bonds. The molecule has 3 rings (SSSR count). The van der Waals surface area contributed by atoms with Crippen LogP contribution < -0.4 is 11.4 Å². The van der Waals surface area contributed by atoms with E-state index in [0.29, 0.717) is 5.75 Å². The fourth-order valence-electron chi connectivity index (χ4n) is 2.44. The zero-order chi connectivity index (χ0) is 15.1. The van der Waals surface area contributed by atoms with E-state index in [1.54, 1.807) is 0 Å². The van der Waals surface area contributed by atoms with E-state index in [0.717, 1.165) is 4.57 Å². The summed E-state index contributed by atoms with van der Waals surface area (Å²) in [5.41, 5.74) is 5.66. The normalized spacial score (nSPS) is 29.3. The maximum Gasteiger partial charge on any atom is 0.330 e. The molecule has 3 heterocycles. The fraction of sp³-hybridized carbons (Fsp3) is 0.545. The first-order valence-electron chi connectivity index (χ1n) is 6.25. The van der Waals surface area contributed by atoms with Crippen molar-refractivity contribution in [1.82, 2.24) is 19.5 Å². The molecule has 1 aliphatic rings. The minimum absolute atomic E-state index is 0.129. The Balaban J connectivity index is 2.07. The van der Waals surface area contributed by atoms with Crippen LogP contribution in [0.2, 0.25) is 0 Å². The van der Waals surface area contributed by atoms with Crippen molar-refractivity contribution in [3.8, 4) is 0 Å². The number of nitrogens with zero attached hydrogens (tertiary/aromatic N) is 3. The van der Waals surface area contributed by atoms with Gasteiger partial charge in [0.1, 0.15) is 24.1 Å². The smallest absolute Gasteiger partial charge is 0.330 e. The van der Waals surface area contributed by atoms with Crippen molar-refractivity contribution in [1.29, 1.82) is 0 Å². The van der Waals surface area contributed by atoms with Crippen molar-refractivity contribution in [2.24, 2.45) is 0 Å². The van der Waals surface area contributed by atoms with E-state index < -0.39 is 30.2 Å². The lowest BCUT2D eigenvalue weighted by Gasteiger charge is -2.15. The first-order valence-corrected chi connectivity index (χ1v) is 7.65. The van der Waals surface area contributed by atoms with Gasteiger partial charge in [0.05, 0.1) is 6.10 Å². The number of imidazole rings is 1. The van der Waals surface area contributed by atoms with Crippen LogP contribution in [0.1, 0.15) is 6.23 Å². The molecule has 2 aromatic heterocycles. The Hall–Kier alpha value is -1.62. The number of hydrogen-bond donors (Lipinski definition) is 4. The number of nitrogens with one attached hydrogen (secondary N) is 1. The average molecular weight is 313 g/mol. The predicted molar refractivity (Wildman–Crippen MR) is 76.9 cm³/mol. The number of hydrogen-bond acceptors (Lipinski definition) is 8. The summed E-state index contributed by atoms with van der Waals surface area (Å²) in [6, 6.07) is 0. The molecule has 10 heteroatoms. The first-order chi connectivity index (χ1) is 10.0. The highest BCUT2D eigenvalue weighted by Crippen LogP contribution is 2.31. The lowest BCUT2D eigenvalue weighted by atomic mass is 10.1. The lowest BCUT2D eigenvalue weighted by molar-refractivity contribution is -0.0307. The molecule has 0 bridgehead atoms. The molecular formula is C11H15N5O4S. The number of nitrogen functional groups attached to an aromatic ring is 1. The molecule has 0 aliphatic carbocycles. The minimum atomic E-state index is -1.23. The summed E-state index contributed by atoms with van der Waals surface area (Å²) >= 11 is 1.48. The Kier molecular flexibility index (Phi) is 3.61. The minimum Gasteiger partial charge on any atom is -0.387 e. The Morgan fingerprint density at radius 2 is 2.24 bits per heavy atom. The zero-order valence-electron chi connectivity index (χ0n) is 11.1. The van der Waals surface area contributed by atoms with Crippen LogP contribution in [0.5, 0.6) is 0 Å². The van der Waals surface area contributed by atoms with Crippen LogP contribution in [-0.4, -0.2) is 60.1 Å². The van der Waals surface area contributed by atoms with E-state index in [9.17, 15) is 15.0 Å². The first kappa shape index (κ1) is 14.3. The second-order valence-corrected chi connectivity index (χ2v) is 5.67. The summed E-state index contributed by atoms with van der Waals surface area (Å²) in [6.07, 6.45) is -0.794. The third-order valence-corrected chi connectivity index (χ3v) is 4.12. The van der Waals surface area contributed by atoms with Crippen molar-refractivity contribution in [2.75, 3.05) is 17.7 Å². The van der Waals surface area contributed by atoms with Gasteiger partial charge >= 0.3 is 5.69 Å². The van der Waals surface area contributed by atoms with Gasteiger partial charge in [0.25, 0.3) is 0 Å². The third-order valence-electron chi connectivity index (χ3n) is 3.46. The van der Waals surface area contributed by atoms with Gasteiger partial charge < -0.3 is 25.7 Å². The van der Waals surface area contributed by atoms with Crippen molar-refractivity contribution in [3.05, 3.63) is 16.8 Å². The molecule has 1 saturated heterocycles. The van der Waals surface area contributed by atoms with Crippen LogP contribution in [-0.2, 0) is 4.74 Å². The molecule has 21 heavy (non-hydrogen) atoms. The molecule has 1 fully saturated rings. The van der Waals surface area contributed by atoms with Crippen LogP contribution in [0.3, 0.4) is 0 Å². The number of aliphatic hydroxyl groups is 2. The van der Waals surface area contributed by atoms with Crippen molar-refractivity contribution < 1.29 is 14.9 Å². The zero-order valence-corrected chi connectivity index (χ0v) is 11.9. The van der Waals surface area contributed by atoms with Crippen molar-refractivity contribution in [2.45, 2.75) is 24.5 Å². The standard InChI is InChI=1S/C11H15N5O4S/c1-21-2-4-6(17)7(18)10(20-4)16-9-5(15-11(16)19)8(12)13-3-14-9/h3-4,6-7,10,17-18H,2H2,1H3,(H,15,19)(H2,12,13,14). The number of H-pyrrole nitrogens is 1. The van der Waals surface area contributed by atoms with Gasteiger partial charge in [-0.05, 0) is 6.26 Å². The second kappa shape index (κ2) is 5.30. The average Bonchev–Trinajstić information content (AvgIpc) is 2.92. The maximum atomic E-state index is 12.1. The quantitative estimate of drug-likeness (QED) is 0.547. The van der Waals surface area contributed by atoms with Gasteiger partial charge in [-0.2, -0.15) is 11.8 Å². The number of anilines is 1. The number of fused-ring (bicyclic) bond motifs is 1. The molecule has 0 spiro atoms. The number of aromatic amines is 1. The maximum absolute atomic E-state index is 12.1. The Morgan fingerprint density at radius 3 is 2.95 bits per heavy atom. The molecule has 114 valence electrons. The number of thioether (sulfide) groups is 1. The van der Waals surface area contributed by atoms with Crippen LogP contribution in [0.25, 0.3) is 11.2 Å². The Labute approximate surface area is 123 Å². The van der Waals surface area contributed by atoms with E-state index in [2.05, 4.69) is 15.0 Å². The van der Waals surface area contributed by atoms with Crippen molar-refractivity contribution in [3.63, 3.8) is 0 Å². The Bertz CT molecular complexity index is 716. The predicted octanol–water partition coefficient (Wildman–Crippen LogP) is -1.32. The van der Waals surface area contributed by atoms with Gasteiger partial charge in [-0.15, -0.1) is 0 Å². The van der Waals surface area contributed by atoms with Crippen molar-refractivity contribution >= 4 is 28.7 Å². The number of aromatic nitrogens is 4. The van der Waals surface area contributed by atoms with Gasteiger partial charge in [-0.1, -0.05) is 0 Å². The summed E-state index contributed by atoms with van der Waals surface area (Å²) in [4.78, 5) is 22.4. The summed E-state index contributed by atoms with van der Waals surface area (Å²) in [6.45, 7) is 0. The van der Waals surface area contributed by atoms with E-state index >= 15 is 0 Å². The van der Waals surface area contributed by atoms with Crippen LogP contribution >= 0.6 is 11.8 Å². The molecule has 0 radical (unpaired) electrons. The monoisotopic (exact) mass is 313 g/mol. The highest BCUT2D eigenvalue weighted by atomic mass is 32.2. The second-order valence-electron chi connectivity index (χ2n) is 4.76. The van der Waals surface area contributed by atoms with E-state index in [1.165, 1.54) is 18.1 Å². The molecule has 2 aromatic rings. The molecule has 4 atom stereocenters.